The SMILES string of the molecule is CC/C=C\C/C=C\C/C=C\C/C=C\C/C=C\C/C=C\CCC(=O)Oc1c(C(C)C)cccc1C(C)C.CC/C=C\C/C=C\C/C=C\C/C=C\C/C=C\CCCC(=O)Oc1c(C(C)C)cccc1C(C)C. The first-order chi connectivity index (χ1) is 33.9. The molecule has 0 spiro atoms. The molecule has 0 unspecified atom stereocenters. The maximum Gasteiger partial charge on any atom is 0.311 e. The normalized spacial score (nSPS) is 12.8. The van der Waals surface area contributed by atoms with Crippen LogP contribution in [-0.4, -0.2) is 11.9 Å². The van der Waals surface area contributed by atoms with Gasteiger partial charge in [-0.2, -0.15) is 0 Å². The molecule has 0 saturated carbocycles. The molecule has 0 fully saturated rings. The molecule has 2 aromatic rings. The summed E-state index contributed by atoms with van der Waals surface area (Å²) < 4.78 is 11.7. The highest BCUT2D eigenvalue weighted by Gasteiger charge is 2.19. The van der Waals surface area contributed by atoms with Gasteiger partial charge in [-0.3, -0.25) is 9.59 Å². The third kappa shape index (κ3) is 31.6. The molecular weight excluding hydrogens is 857 g/mol. The zero-order chi connectivity index (χ0) is 51.5. The number of carbonyl (C=O) groups excluding carboxylic acids is 2. The van der Waals surface area contributed by atoms with Gasteiger partial charge in [0.2, 0.25) is 0 Å². The van der Waals surface area contributed by atoms with Crippen LogP contribution >= 0.6 is 0 Å². The van der Waals surface area contributed by atoms with E-state index in [1.165, 1.54) is 0 Å². The number of para-hydroxylation sites is 2. The van der Waals surface area contributed by atoms with Crippen LogP contribution in [0.3, 0.4) is 0 Å². The number of allylic oxidation sites excluding steroid dienone is 22. The number of ether oxygens (including phenoxy) is 2. The lowest BCUT2D eigenvalue weighted by Gasteiger charge is -2.18. The van der Waals surface area contributed by atoms with Crippen molar-refractivity contribution in [2.75, 3.05) is 0 Å². The van der Waals surface area contributed by atoms with Gasteiger partial charge in [-0.25, -0.2) is 0 Å². The average molecular weight is 951 g/mol. The number of rotatable bonds is 33. The fourth-order valence-corrected chi connectivity index (χ4v) is 7.10. The second-order valence-electron chi connectivity index (χ2n) is 18.7. The molecule has 0 saturated heterocycles. The van der Waals surface area contributed by atoms with Gasteiger partial charge in [-0.05, 0) is 136 Å². The summed E-state index contributed by atoms with van der Waals surface area (Å²) in [6.45, 7) is 21.4. The number of unbranched alkanes of at least 4 members (excludes halogenated alkanes) is 1. The van der Waals surface area contributed by atoms with E-state index >= 15 is 0 Å². The molecule has 0 N–H and O–H groups in total. The molecule has 2 aromatic carbocycles. The monoisotopic (exact) mass is 951 g/mol. The Kier molecular flexibility index (Phi) is 37.9. The van der Waals surface area contributed by atoms with E-state index in [2.05, 4.69) is 239 Å². The summed E-state index contributed by atoms with van der Waals surface area (Å²) >= 11 is 0. The van der Waals surface area contributed by atoms with Crippen molar-refractivity contribution in [1.29, 1.82) is 0 Å². The van der Waals surface area contributed by atoms with E-state index in [1.807, 2.05) is 0 Å². The van der Waals surface area contributed by atoms with Gasteiger partial charge < -0.3 is 9.47 Å². The largest absolute Gasteiger partial charge is 0.426 e. The maximum absolute atomic E-state index is 12.5. The van der Waals surface area contributed by atoms with E-state index in [-0.39, 0.29) is 11.9 Å². The van der Waals surface area contributed by atoms with Crippen molar-refractivity contribution in [2.24, 2.45) is 0 Å². The highest BCUT2D eigenvalue weighted by atomic mass is 16.5. The molecule has 70 heavy (non-hydrogen) atoms. The highest BCUT2D eigenvalue weighted by Crippen LogP contribution is 2.36. The Morgan fingerprint density at radius 3 is 0.871 bits per heavy atom. The van der Waals surface area contributed by atoms with Gasteiger partial charge in [0, 0.05) is 12.8 Å². The van der Waals surface area contributed by atoms with Gasteiger partial charge >= 0.3 is 11.9 Å². The van der Waals surface area contributed by atoms with Gasteiger partial charge in [0.25, 0.3) is 0 Å². The fraction of sp³-hybridized carbons (Fsp3) is 0.455. The number of esters is 2. The molecular formula is C66H94O4. The van der Waals surface area contributed by atoms with E-state index in [9.17, 15) is 9.59 Å². The average Bonchev–Trinajstić information content (AvgIpc) is 3.33. The van der Waals surface area contributed by atoms with Crippen molar-refractivity contribution in [3.05, 3.63) is 192 Å². The molecule has 0 aliphatic carbocycles. The molecule has 0 radical (unpaired) electrons. The topological polar surface area (TPSA) is 52.6 Å². The molecule has 4 nitrogen and oxygen atoms in total. The zero-order valence-corrected chi connectivity index (χ0v) is 45.4. The van der Waals surface area contributed by atoms with Crippen LogP contribution in [0.15, 0.2) is 170 Å². The Labute approximate surface area is 428 Å². The van der Waals surface area contributed by atoms with Crippen molar-refractivity contribution < 1.29 is 19.1 Å². The molecule has 0 atom stereocenters. The standard InChI is InChI=1S/C34H48O2.C32H46O2/c1-6-7-8-9-10-11-12-13-14-15-16-17-18-19-20-21-22-23-24-28-33(35)36-34-31(29(2)3)26-25-27-32(34)30(4)5;1-6-7-8-9-10-11-12-13-14-15-16-17-18-19-20-21-22-26-31(33)34-32-29(27(2)3)24-23-25-30(32)28(4)5/h7-8,10-11,13-14,16-17,19-20,22-23,25-27,29-30H,6,9,12,15,18,21,24,28H2,1-5H3;7-8,10-11,13-14,16-17,19-20,23-25,27-28H,6,9,12,15,18,21-22,26H2,1-5H3/b8-7-,11-10-,14-13-,17-16-,20-19-,23-22-;8-7-,11-10-,14-13-,17-16-,20-19-. The number of benzene rings is 2. The van der Waals surface area contributed by atoms with E-state index in [0.29, 0.717) is 42.9 Å². The molecule has 4 heteroatoms. The molecule has 0 aliphatic rings. The molecule has 0 aliphatic heterocycles. The van der Waals surface area contributed by atoms with Crippen LogP contribution in [0.4, 0.5) is 0 Å². The lowest BCUT2D eigenvalue weighted by atomic mass is 9.94. The minimum Gasteiger partial charge on any atom is -0.426 e. The van der Waals surface area contributed by atoms with Gasteiger partial charge in [0.15, 0.2) is 0 Å². The number of hydrogen-bond acceptors (Lipinski definition) is 4. The van der Waals surface area contributed by atoms with Crippen molar-refractivity contribution in [3.8, 4) is 11.5 Å². The number of carbonyl (C=O) groups is 2. The summed E-state index contributed by atoms with van der Waals surface area (Å²) in [7, 11) is 0. The Bertz CT molecular complexity index is 1980. The minimum atomic E-state index is -0.162. The van der Waals surface area contributed by atoms with Crippen LogP contribution in [-0.2, 0) is 9.59 Å². The summed E-state index contributed by atoms with van der Waals surface area (Å²) in [4.78, 5) is 24.9. The summed E-state index contributed by atoms with van der Waals surface area (Å²) in [6.07, 6.45) is 62.4. The minimum absolute atomic E-state index is 0.137. The van der Waals surface area contributed by atoms with Crippen LogP contribution < -0.4 is 9.47 Å². The first-order valence-corrected chi connectivity index (χ1v) is 26.8. The molecule has 0 aromatic heterocycles. The third-order valence-electron chi connectivity index (χ3n) is 11.1. The number of hydrogen-bond donors (Lipinski definition) is 0. The second kappa shape index (κ2) is 42.4. The Morgan fingerprint density at radius 2 is 0.600 bits per heavy atom. The molecule has 0 heterocycles. The molecule has 2 rings (SSSR count). The van der Waals surface area contributed by atoms with Crippen LogP contribution in [0, 0.1) is 0 Å². The van der Waals surface area contributed by atoms with Crippen molar-refractivity contribution in [2.45, 2.75) is 196 Å². The lowest BCUT2D eigenvalue weighted by molar-refractivity contribution is -0.135. The summed E-state index contributed by atoms with van der Waals surface area (Å²) in [5.41, 5.74) is 4.42. The van der Waals surface area contributed by atoms with Gasteiger partial charge in [0.1, 0.15) is 11.5 Å². The van der Waals surface area contributed by atoms with E-state index in [1.54, 1.807) is 0 Å². The third-order valence-corrected chi connectivity index (χ3v) is 11.1. The van der Waals surface area contributed by atoms with Crippen molar-refractivity contribution in [1.82, 2.24) is 0 Å². The first kappa shape index (κ1) is 62.5. The zero-order valence-electron chi connectivity index (χ0n) is 45.4. The Balaban J connectivity index is 0.000000701. The van der Waals surface area contributed by atoms with Crippen LogP contribution in [0.2, 0.25) is 0 Å². The maximum atomic E-state index is 12.5. The fourth-order valence-electron chi connectivity index (χ4n) is 7.10. The predicted octanol–water partition coefficient (Wildman–Crippen LogP) is 20.1. The quantitative estimate of drug-likeness (QED) is 0.0310. The van der Waals surface area contributed by atoms with E-state index in [0.717, 1.165) is 117 Å². The first-order valence-electron chi connectivity index (χ1n) is 26.8. The van der Waals surface area contributed by atoms with Gasteiger partial charge in [-0.1, -0.05) is 239 Å². The Hall–Kier alpha value is -5.48. The van der Waals surface area contributed by atoms with Crippen LogP contribution in [0.5, 0.6) is 11.5 Å². The van der Waals surface area contributed by atoms with E-state index < -0.39 is 0 Å². The summed E-state index contributed by atoms with van der Waals surface area (Å²) in [5.74, 6) is 2.50. The molecule has 0 amide bonds. The second-order valence-corrected chi connectivity index (χ2v) is 18.7. The molecule has 0 bridgehead atoms. The predicted molar refractivity (Wildman–Crippen MR) is 306 cm³/mol. The Morgan fingerprint density at radius 1 is 0.357 bits per heavy atom. The highest BCUT2D eigenvalue weighted by molar-refractivity contribution is 5.74. The summed E-state index contributed by atoms with van der Waals surface area (Å²) in [6, 6.07) is 12.4. The smallest absolute Gasteiger partial charge is 0.311 e. The van der Waals surface area contributed by atoms with Crippen molar-refractivity contribution >= 4 is 11.9 Å². The van der Waals surface area contributed by atoms with Gasteiger partial charge in [0.05, 0.1) is 0 Å². The van der Waals surface area contributed by atoms with Crippen LogP contribution in [0.1, 0.15) is 218 Å². The molecule has 382 valence electrons. The van der Waals surface area contributed by atoms with Gasteiger partial charge in [-0.15, -0.1) is 0 Å². The van der Waals surface area contributed by atoms with E-state index in [4.69, 9.17) is 9.47 Å². The van der Waals surface area contributed by atoms with Crippen LogP contribution in [0.25, 0.3) is 0 Å². The van der Waals surface area contributed by atoms with Crippen molar-refractivity contribution in [3.63, 3.8) is 0 Å². The summed E-state index contributed by atoms with van der Waals surface area (Å²) in [5, 5.41) is 0. The lowest BCUT2D eigenvalue weighted by Crippen LogP contribution is -2.12.